The third-order valence-electron chi connectivity index (χ3n) is 2.07. The summed E-state index contributed by atoms with van der Waals surface area (Å²) in [6, 6.07) is 5.32. The molecule has 0 saturated carbocycles. The van der Waals surface area contributed by atoms with Gasteiger partial charge in [0.2, 0.25) is 10.0 Å². The van der Waals surface area contributed by atoms with Gasteiger partial charge in [-0.3, -0.25) is 0 Å². The first kappa shape index (κ1) is 11.1. The number of sulfonamides is 1. The monoisotopic (exact) mass is 258 g/mol. The van der Waals surface area contributed by atoms with Crippen molar-refractivity contribution in [2.45, 2.75) is 4.90 Å². The summed E-state index contributed by atoms with van der Waals surface area (Å²) in [7, 11) is -3.85. The number of halogens is 1. The maximum Gasteiger partial charge on any atom is 0.238 e. The highest BCUT2D eigenvalue weighted by atomic mass is 35.5. The summed E-state index contributed by atoms with van der Waals surface area (Å²) in [5, 5.41) is 15.0. The lowest BCUT2D eigenvalue weighted by Crippen LogP contribution is -2.12. The quantitative estimate of drug-likeness (QED) is 0.753. The first-order chi connectivity index (χ1) is 7.39. The van der Waals surface area contributed by atoms with Crippen LogP contribution in [0.2, 0.25) is 5.15 Å². The Morgan fingerprint density at radius 3 is 2.56 bits per heavy atom. The standard InChI is InChI=1S/C9H7ClN2O3S/c10-8-4-1-5-7(16(11,14)15)3-2-6(13)9(5)12-8/h1-4,13H,(H2,11,14,15). The molecule has 1 heterocycles. The van der Waals surface area contributed by atoms with Crippen LogP contribution in [0.1, 0.15) is 0 Å². The summed E-state index contributed by atoms with van der Waals surface area (Å²) in [6.45, 7) is 0. The van der Waals surface area contributed by atoms with Gasteiger partial charge in [-0.25, -0.2) is 18.5 Å². The molecule has 0 saturated heterocycles. The number of aromatic hydroxyl groups is 1. The van der Waals surface area contributed by atoms with Crippen LogP contribution in [0.25, 0.3) is 10.9 Å². The first-order valence-corrected chi connectivity index (χ1v) is 6.13. The van der Waals surface area contributed by atoms with Crippen molar-refractivity contribution >= 4 is 32.5 Å². The van der Waals surface area contributed by atoms with E-state index in [0.29, 0.717) is 0 Å². The molecule has 1 aromatic heterocycles. The smallest absolute Gasteiger partial charge is 0.238 e. The lowest BCUT2D eigenvalue weighted by molar-refractivity contribution is 0.480. The molecule has 2 rings (SSSR count). The van der Waals surface area contributed by atoms with Crippen LogP contribution in [-0.4, -0.2) is 18.5 Å². The molecule has 0 atom stereocenters. The van der Waals surface area contributed by atoms with Crippen molar-refractivity contribution in [2.24, 2.45) is 5.14 Å². The van der Waals surface area contributed by atoms with Crippen LogP contribution in [0.5, 0.6) is 5.75 Å². The molecule has 0 fully saturated rings. The van der Waals surface area contributed by atoms with Gasteiger partial charge in [-0.1, -0.05) is 11.6 Å². The average molecular weight is 259 g/mol. The maximum atomic E-state index is 11.3. The number of hydrogen-bond donors (Lipinski definition) is 2. The highest BCUT2D eigenvalue weighted by Crippen LogP contribution is 2.29. The summed E-state index contributed by atoms with van der Waals surface area (Å²) >= 11 is 5.65. The molecule has 7 heteroatoms. The number of hydrogen-bond acceptors (Lipinski definition) is 4. The molecule has 0 aliphatic rings. The molecule has 0 spiro atoms. The lowest BCUT2D eigenvalue weighted by Gasteiger charge is -2.05. The molecule has 0 amide bonds. The SMILES string of the molecule is NS(=O)(=O)c1ccc(O)c2nc(Cl)ccc12. The number of phenolic OH excluding ortho intramolecular Hbond substituents is 1. The number of aromatic nitrogens is 1. The second kappa shape index (κ2) is 3.58. The predicted octanol–water partition coefficient (Wildman–Crippen LogP) is 1.24. The van der Waals surface area contributed by atoms with Crippen LogP contribution in [0.3, 0.4) is 0 Å². The van der Waals surface area contributed by atoms with E-state index in [2.05, 4.69) is 4.98 Å². The van der Waals surface area contributed by atoms with E-state index in [1.807, 2.05) is 0 Å². The fourth-order valence-electron chi connectivity index (χ4n) is 1.40. The molecule has 16 heavy (non-hydrogen) atoms. The molecule has 0 aliphatic carbocycles. The Kier molecular flexibility index (Phi) is 2.49. The van der Waals surface area contributed by atoms with E-state index in [4.69, 9.17) is 16.7 Å². The molecule has 0 bridgehead atoms. The van der Waals surface area contributed by atoms with Crippen LogP contribution in [-0.2, 0) is 10.0 Å². The van der Waals surface area contributed by atoms with Crippen molar-refractivity contribution in [1.29, 1.82) is 0 Å². The van der Waals surface area contributed by atoms with Crippen molar-refractivity contribution in [1.82, 2.24) is 4.98 Å². The second-order valence-electron chi connectivity index (χ2n) is 3.16. The van der Waals surface area contributed by atoms with Crippen LogP contribution < -0.4 is 5.14 Å². The van der Waals surface area contributed by atoms with E-state index in [9.17, 15) is 13.5 Å². The number of nitrogens with zero attached hydrogens (tertiary/aromatic N) is 1. The molecule has 5 nitrogen and oxygen atoms in total. The summed E-state index contributed by atoms with van der Waals surface area (Å²) in [5.74, 6) is -0.148. The van der Waals surface area contributed by atoms with Crippen LogP contribution in [0.4, 0.5) is 0 Å². The average Bonchev–Trinajstić information content (AvgIpc) is 2.17. The molecular formula is C9H7ClN2O3S. The Morgan fingerprint density at radius 1 is 1.25 bits per heavy atom. The number of pyridine rings is 1. The summed E-state index contributed by atoms with van der Waals surface area (Å²) in [5.41, 5.74) is 0.110. The summed E-state index contributed by atoms with van der Waals surface area (Å²) in [4.78, 5) is 3.75. The van der Waals surface area contributed by atoms with Crippen molar-refractivity contribution in [3.63, 3.8) is 0 Å². The van der Waals surface area contributed by atoms with Gasteiger partial charge in [-0.15, -0.1) is 0 Å². The summed E-state index contributed by atoms with van der Waals surface area (Å²) in [6.07, 6.45) is 0. The van der Waals surface area contributed by atoms with Gasteiger partial charge in [0.1, 0.15) is 16.4 Å². The van der Waals surface area contributed by atoms with Gasteiger partial charge in [0.25, 0.3) is 0 Å². The number of benzene rings is 1. The second-order valence-corrected chi connectivity index (χ2v) is 5.08. The van der Waals surface area contributed by atoms with E-state index in [1.54, 1.807) is 0 Å². The molecule has 0 unspecified atom stereocenters. The van der Waals surface area contributed by atoms with Gasteiger partial charge < -0.3 is 5.11 Å². The lowest BCUT2D eigenvalue weighted by atomic mass is 10.2. The Balaban J connectivity index is 2.96. The van der Waals surface area contributed by atoms with E-state index in [0.717, 1.165) is 0 Å². The van der Waals surface area contributed by atoms with Gasteiger partial charge in [0.05, 0.1) is 4.90 Å². The largest absolute Gasteiger partial charge is 0.506 e. The van der Waals surface area contributed by atoms with Crippen LogP contribution in [0.15, 0.2) is 29.2 Å². The fourth-order valence-corrected chi connectivity index (χ4v) is 2.28. The number of rotatable bonds is 1. The number of fused-ring (bicyclic) bond motifs is 1. The first-order valence-electron chi connectivity index (χ1n) is 4.20. The highest BCUT2D eigenvalue weighted by Gasteiger charge is 2.15. The predicted molar refractivity (Wildman–Crippen MR) is 59.8 cm³/mol. The molecule has 2 aromatic rings. The Morgan fingerprint density at radius 2 is 1.94 bits per heavy atom. The van der Waals surface area contributed by atoms with Crippen molar-refractivity contribution in [2.75, 3.05) is 0 Å². The molecule has 84 valence electrons. The zero-order valence-electron chi connectivity index (χ0n) is 7.88. The maximum absolute atomic E-state index is 11.3. The van der Waals surface area contributed by atoms with E-state index >= 15 is 0 Å². The minimum Gasteiger partial charge on any atom is -0.506 e. The fraction of sp³-hybridized carbons (Fsp3) is 0. The topological polar surface area (TPSA) is 93.3 Å². The van der Waals surface area contributed by atoms with E-state index < -0.39 is 10.0 Å². The summed E-state index contributed by atoms with van der Waals surface area (Å²) < 4.78 is 22.6. The van der Waals surface area contributed by atoms with Crippen molar-refractivity contribution in [3.05, 3.63) is 29.4 Å². The van der Waals surface area contributed by atoms with Gasteiger partial charge in [0, 0.05) is 5.39 Å². The third kappa shape index (κ3) is 1.82. The minimum atomic E-state index is -3.85. The van der Waals surface area contributed by atoms with Gasteiger partial charge in [0.15, 0.2) is 0 Å². The van der Waals surface area contributed by atoms with Crippen molar-refractivity contribution < 1.29 is 13.5 Å². The highest BCUT2D eigenvalue weighted by molar-refractivity contribution is 7.89. The molecule has 1 aromatic carbocycles. The third-order valence-corrected chi connectivity index (χ3v) is 3.25. The zero-order valence-corrected chi connectivity index (χ0v) is 9.46. The Bertz CT molecular complexity index is 670. The number of primary sulfonamides is 1. The zero-order chi connectivity index (χ0) is 11.9. The Labute approximate surface area is 96.5 Å². The van der Waals surface area contributed by atoms with Gasteiger partial charge >= 0.3 is 0 Å². The molecule has 3 N–H and O–H groups in total. The molecular weight excluding hydrogens is 252 g/mol. The number of nitrogens with two attached hydrogens (primary N) is 1. The van der Waals surface area contributed by atoms with Gasteiger partial charge in [-0.2, -0.15) is 0 Å². The van der Waals surface area contributed by atoms with E-state index in [1.165, 1.54) is 24.3 Å². The van der Waals surface area contributed by atoms with Crippen molar-refractivity contribution in [3.8, 4) is 5.75 Å². The number of phenols is 1. The van der Waals surface area contributed by atoms with E-state index in [-0.39, 0.29) is 26.7 Å². The molecule has 0 radical (unpaired) electrons. The van der Waals surface area contributed by atoms with Crippen LogP contribution >= 0.6 is 11.6 Å². The minimum absolute atomic E-state index is 0.0931. The van der Waals surface area contributed by atoms with Crippen LogP contribution in [0, 0.1) is 0 Å². The molecule has 0 aliphatic heterocycles. The normalized spacial score (nSPS) is 11.9. The Hall–Kier alpha value is -1.37. The van der Waals surface area contributed by atoms with Gasteiger partial charge in [-0.05, 0) is 24.3 Å².